The Balaban J connectivity index is 1.74. The quantitative estimate of drug-likeness (QED) is 0.751. The summed E-state index contributed by atoms with van der Waals surface area (Å²) in [6.07, 6.45) is 1.85. The van der Waals surface area contributed by atoms with Gasteiger partial charge in [-0.25, -0.2) is 4.39 Å². The highest BCUT2D eigenvalue weighted by molar-refractivity contribution is 7.99. The van der Waals surface area contributed by atoms with Crippen LogP contribution in [0.1, 0.15) is 26.2 Å². The maximum atomic E-state index is 13.1. The summed E-state index contributed by atoms with van der Waals surface area (Å²) < 4.78 is 13.1. The Morgan fingerprint density at radius 3 is 2.86 bits per heavy atom. The first-order valence-electron chi connectivity index (χ1n) is 7.56. The van der Waals surface area contributed by atoms with Crippen LogP contribution < -0.4 is 10.6 Å². The lowest BCUT2D eigenvalue weighted by Gasteiger charge is -2.33. The van der Waals surface area contributed by atoms with Crippen molar-refractivity contribution in [1.82, 2.24) is 5.32 Å². The highest BCUT2D eigenvalue weighted by Crippen LogP contribution is 2.26. The molecule has 0 aliphatic carbocycles. The van der Waals surface area contributed by atoms with Crippen LogP contribution in [0.5, 0.6) is 0 Å². The highest BCUT2D eigenvalue weighted by atomic mass is 32.2. The van der Waals surface area contributed by atoms with Crippen LogP contribution in [0.25, 0.3) is 0 Å². The first kappa shape index (κ1) is 17.2. The Morgan fingerprint density at radius 2 is 2.18 bits per heavy atom. The fourth-order valence-electron chi connectivity index (χ4n) is 2.42. The maximum absolute atomic E-state index is 13.1. The van der Waals surface area contributed by atoms with E-state index in [1.165, 1.54) is 12.1 Å². The molecule has 1 saturated heterocycles. The molecule has 1 unspecified atom stereocenters. The van der Waals surface area contributed by atoms with E-state index in [1.54, 1.807) is 12.1 Å². The molecule has 1 fully saturated rings. The van der Waals surface area contributed by atoms with Gasteiger partial charge in [-0.2, -0.15) is 11.8 Å². The predicted octanol–water partition coefficient (Wildman–Crippen LogP) is 2.39. The van der Waals surface area contributed by atoms with E-state index < -0.39 is 5.60 Å². The van der Waals surface area contributed by atoms with Gasteiger partial charge in [0.2, 0.25) is 5.91 Å². The van der Waals surface area contributed by atoms with Crippen LogP contribution in [0.15, 0.2) is 24.3 Å². The van der Waals surface area contributed by atoms with E-state index >= 15 is 0 Å². The molecule has 0 spiro atoms. The Labute approximate surface area is 134 Å². The number of benzene rings is 1. The number of rotatable bonds is 6. The lowest BCUT2D eigenvalue weighted by molar-refractivity contribution is -0.116. The minimum atomic E-state index is -0.654. The topological polar surface area (TPSA) is 61.4 Å². The summed E-state index contributed by atoms with van der Waals surface area (Å²) in [5, 5.41) is 16.3. The van der Waals surface area contributed by atoms with Crippen molar-refractivity contribution in [3.05, 3.63) is 30.1 Å². The van der Waals surface area contributed by atoms with Gasteiger partial charge >= 0.3 is 0 Å². The van der Waals surface area contributed by atoms with Gasteiger partial charge in [-0.15, -0.1) is 0 Å². The van der Waals surface area contributed by atoms with Crippen molar-refractivity contribution in [2.75, 3.05) is 23.4 Å². The molecule has 0 bridgehead atoms. The van der Waals surface area contributed by atoms with E-state index in [-0.39, 0.29) is 24.2 Å². The van der Waals surface area contributed by atoms with Crippen molar-refractivity contribution < 1.29 is 14.3 Å². The third-order valence-corrected chi connectivity index (χ3v) is 4.79. The predicted molar refractivity (Wildman–Crippen MR) is 88.6 cm³/mol. The summed E-state index contributed by atoms with van der Waals surface area (Å²) >= 11 is 1.86. The number of carbonyl (C=O) groups excluding carboxylic acids is 1. The number of anilines is 1. The summed E-state index contributed by atoms with van der Waals surface area (Å²) in [5.41, 5.74) is -0.196. The molecule has 1 amide bonds. The van der Waals surface area contributed by atoms with Crippen molar-refractivity contribution in [2.24, 2.45) is 0 Å². The van der Waals surface area contributed by atoms with Crippen LogP contribution in [-0.2, 0) is 4.79 Å². The summed E-state index contributed by atoms with van der Waals surface area (Å²) in [5.74, 6) is 1.41. The maximum Gasteiger partial charge on any atom is 0.225 e. The standard InChI is InChI=1S/C16H23FN2O2S/c1-12(18-11-16(21)5-7-22-8-6-16)9-15(20)19-14-4-2-3-13(17)10-14/h2-4,10,12,18,21H,5-9,11H2,1H3,(H,19,20). The number of thioether (sulfide) groups is 1. The zero-order valence-corrected chi connectivity index (χ0v) is 13.6. The van der Waals surface area contributed by atoms with E-state index in [0.29, 0.717) is 12.2 Å². The molecule has 6 heteroatoms. The first-order valence-corrected chi connectivity index (χ1v) is 8.71. The summed E-state index contributed by atoms with van der Waals surface area (Å²) in [6, 6.07) is 5.79. The molecule has 3 N–H and O–H groups in total. The Kier molecular flexibility index (Phi) is 6.23. The molecule has 0 aromatic heterocycles. The van der Waals surface area contributed by atoms with Crippen LogP contribution in [0, 0.1) is 5.82 Å². The second-order valence-electron chi connectivity index (χ2n) is 5.88. The van der Waals surface area contributed by atoms with Gasteiger partial charge in [0.25, 0.3) is 0 Å². The molecule has 22 heavy (non-hydrogen) atoms. The molecule has 0 saturated carbocycles. The van der Waals surface area contributed by atoms with Crippen molar-refractivity contribution in [3.63, 3.8) is 0 Å². The SMILES string of the molecule is CC(CC(=O)Nc1cccc(F)c1)NCC1(O)CCSCC1. The van der Waals surface area contributed by atoms with Crippen LogP contribution in [0.3, 0.4) is 0 Å². The molecule has 1 aliphatic rings. The Hall–Kier alpha value is -1.11. The van der Waals surface area contributed by atoms with Crippen LogP contribution in [0.4, 0.5) is 10.1 Å². The second-order valence-corrected chi connectivity index (χ2v) is 7.11. The fraction of sp³-hybridized carbons (Fsp3) is 0.562. The van der Waals surface area contributed by atoms with E-state index in [4.69, 9.17) is 0 Å². The number of aliphatic hydroxyl groups is 1. The minimum Gasteiger partial charge on any atom is -0.389 e. The molecular weight excluding hydrogens is 303 g/mol. The fourth-order valence-corrected chi connectivity index (χ4v) is 3.67. The molecule has 1 aromatic rings. The molecule has 2 rings (SSSR count). The highest BCUT2D eigenvalue weighted by Gasteiger charge is 2.29. The third kappa shape index (κ3) is 5.59. The van der Waals surface area contributed by atoms with E-state index in [1.807, 2.05) is 18.7 Å². The van der Waals surface area contributed by atoms with E-state index in [2.05, 4.69) is 10.6 Å². The van der Waals surface area contributed by atoms with Gasteiger partial charge in [-0.1, -0.05) is 6.07 Å². The van der Waals surface area contributed by atoms with Gasteiger partial charge < -0.3 is 15.7 Å². The second kappa shape index (κ2) is 7.94. The Bertz CT molecular complexity index is 507. The molecule has 1 heterocycles. The van der Waals surface area contributed by atoms with Crippen LogP contribution >= 0.6 is 11.8 Å². The number of halogens is 1. The molecule has 1 atom stereocenters. The number of carbonyl (C=O) groups is 1. The molecule has 122 valence electrons. The summed E-state index contributed by atoms with van der Waals surface area (Å²) in [4.78, 5) is 11.9. The van der Waals surface area contributed by atoms with Crippen molar-refractivity contribution in [3.8, 4) is 0 Å². The number of hydrogen-bond donors (Lipinski definition) is 3. The number of hydrogen-bond acceptors (Lipinski definition) is 4. The van der Waals surface area contributed by atoms with Crippen molar-refractivity contribution in [2.45, 2.75) is 37.8 Å². The monoisotopic (exact) mass is 326 g/mol. The number of nitrogens with one attached hydrogen (secondary N) is 2. The summed E-state index contributed by atoms with van der Waals surface area (Å²) in [6.45, 7) is 2.41. The first-order chi connectivity index (χ1) is 10.5. The molecule has 0 radical (unpaired) electrons. The largest absolute Gasteiger partial charge is 0.389 e. The number of amides is 1. The minimum absolute atomic E-state index is 0.0489. The van der Waals surface area contributed by atoms with Crippen molar-refractivity contribution in [1.29, 1.82) is 0 Å². The van der Waals surface area contributed by atoms with E-state index in [9.17, 15) is 14.3 Å². The smallest absolute Gasteiger partial charge is 0.225 e. The van der Waals surface area contributed by atoms with Gasteiger partial charge in [0, 0.05) is 24.7 Å². The van der Waals surface area contributed by atoms with Gasteiger partial charge in [0.05, 0.1) is 5.60 Å². The van der Waals surface area contributed by atoms with E-state index in [0.717, 1.165) is 24.3 Å². The zero-order valence-electron chi connectivity index (χ0n) is 12.8. The average Bonchev–Trinajstić information content (AvgIpc) is 2.46. The van der Waals surface area contributed by atoms with Crippen LogP contribution in [0.2, 0.25) is 0 Å². The third-order valence-electron chi connectivity index (χ3n) is 3.80. The molecule has 1 aliphatic heterocycles. The average molecular weight is 326 g/mol. The van der Waals surface area contributed by atoms with Gasteiger partial charge in [-0.05, 0) is 49.5 Å². The lowest BCUT2D eigenvalue weighted by Crippen LogP contribution is -2.46. The zero-order chi connectivity index (χ0) is 16.0. The molecule has 4 nitrogen and oxygen atoms in total. The lowest BCUT2D eigenvalue weighted by atomic mass is 9.96. The normalized spacial score (nSPS) is 18.7. The van der Waals surface area contributed by atoms with Gasteiger partial charge in [0.1, 0.15) is 5.82 Å². The molecule has 1 aromatic carbocycles. The Morgan fingerprint density at radius 1 is 1.45 bits per heavy atom. The van der Waals surface area contributed by atoms with Crippen molar-refractivity contribution >= 4 is 23.4 Å². The van der Waals surface area contributed by atoms with Crippen LogP contribution in [-0.4, -0.2) is 40.7 Å². The van der Waals surface area contributed by atoms with Gasteiger partial charge in [-0.3, -0.25) is 4.79 Å². The molecular formula is C16H23FN2O2S. The summed E-state index contributed by atoms with van der Waals surface area (Å²) in [7, 11) is 0. The van der Waals surface area contributed by atoms with Gasteiger partial charge in [0.15, 0.2) is 0 Å².